The Morgan fingerprint density at radius 1 is 0.338 bits per heavy atom. The molecule has 2 heterocycles. The van der Waals surface area contributed by atoms with Gasteiger partial charge in [0.25, 0.3) is 0 Å². The van der Waals surface area contributed by atoms with E-state index in [1.54, 1.807) is 0 Å². The maximum Gasteiger partial charge on any atom is 0.137 e. The number of ether oxygens (including phenoxy) is 1. The number of hydrogen-bond donors (Lipinski definition) is 0. The Morgan fingerprint density at radius 3 is 1.58 bits per heavy atom. The van der Waals surface area contributed by atoms with Gasteiger partial charge >= 0.3 is 0 Å². The van der Waals surface area contributed by atoms with Gasteiger partial charge in [-0.25, -0.2) is 0 Å². The van der Waals surface area contributed by atoms with Gasteiger partial charge in [-0.1, -0.05) is 188 Å². The molecule has 0 radical (unpaired) electrons. The van der Waals surface area contributed by atoms with Gasteiger partial charge in [0.2, 0.25) is 0 Å². The average molecular weight is 830 g/mol. The molecule has 0 N–H and O–H groups in total. The second-order valence-electron chi connectivity index (χ2n) is 17.4. The fourth-order valence-electron chi connectivity index (χ4n) is 12.0. The van der Waals surface area contributed by atoms with Gasteiger partial charge in [-0.2, -0.15) is 0 Å². The largest absolute Gasteiger partial charge is 0.457 e. The van der Waals surface area contributed by atoms with E-state index < -0.39 is 10.8 Å². The Balaban J connectivity index is 1.11. The van der Waals surface area contributed by atoms with E-state index in [0.717, 1.165) is 61.6 Å². The van der Waals surface area contributed by atoms with E-state index in [1.807, 2.05) is 6.07 Å². The van der Waals surface area contributed by atoms with Crippen LogP contribution in [0.2, 0.25) is 0 Å². The SMILES string of the molecule is c1ccc(C2(c3ccccc3)c3ccccc3-c3c(N(c4ccc5c(c4)C4(c6ccccc6O5)c5ccccc5-c5ccccc54)c4cccc5oc6ccccc6c45)cccc32)cc1. The van der Waals surface area contributed by atoms with Crippen LogP contribution in [0.1, 0.15) is 44.5 Å². The molecule has 1 aliphatic heterocycles. The van der Waals surface area contributed by atoms with Gasteiger partial charge in [0.15, 0.2) is 0 Å². The van der Waals surface area contributed by atoms with Crippen molar-refractivity contribution in [2.24, 2.45) is 0 Å². The molecule has 3 heteroatoms. The molecule has 0 amide bonds. The molecule has 0 fully saturated rings. The molecular weight excluding hydrogens is 791 g/mol. The van der Waals surface area contributed by atoms with Gasteiger partial charge in [0, 0.05) is 27.8 Å². The lowest BCUT2D eigenvalue weighted by Crippen LogP contribution is -2.32. The maximum atomic E-state index is 6.97. The smallest absolute Gasteiger partial charge is 0.137 e. The Morgan fingerprint density at radius 2 is 0.862 bits per heavy atom. The number of hydrogen-bond acceptors (Lipinski definition) is 3. The molecule has 10 aromatic carbocycles. The Bertz CT molecular complexity index is 3630. The Hall–Kier alpha value is -8.40. The molecule has 2 aliphatic carbocycles. The molecule has 0 saturated heterocycles. The minimum Gasteiger partial charge on any atom is -0.457 e. The summed E-state index contributed by atoms with van der Waals surface area (Å²) in [5, 5.41) is 2.14. The first-order valence-electron chi connectivity index (χ1n) is 22.4. The molecule has 0 atom stereocenters. The zero-order valence-corrected chi connectivity index (χ0v) is 35.3. The summed E-state index contributed by atoms with van der Waals surface area (Å²) in [6, 6.07) is 86.2. The Labute approximate surface area is 377 Å². The summed E-state index contributed by atoms with van der Waals surface area (Å²) < 4.78 is 13.6. The van der Waals surface area contributed by atoms with Crippen molar-refractivity contribution in [2.75, 3.05) is 4.90 Å². The van der Waals surface area contributed by atoms with Crippen molar-refractivity contribution in [3.63, 3.8) is 0 Å². The number of rotatable bonds is 5. The van der Waals surface area contributed by atoms with Crippen LogP contribution in [0.25, 0.3) is 44.2 Å². The van der Waals surface area contributed by atoms with E-state index in [0.29, 0.717) is 0 Å². The van der Waals surface area contributed by atoms with Crippen molar-refractivity contribution >= 4 is 39.0 Å². The van der Waals surface area contributed by atoms with Crippen LogP contribution in [-0.4, -0.2) is 0 Å². The first kappa shape index (κ1) is 36.1. The van der Waals surface area contributed by atoms with E-state index in [1.165, 1.54) is 55.6 Å². The van der Waals surface area contributed by atoms with Crippen LogP contribution in [0.5, 0.6) is 11.5 Å². The van der Waals surface area contributed by atoms with E-state index in [4.69, 9.17) is 9.15 Å². The van der Waals surface area contributed by atoms with Crippen molar-refractivity contribution in [2.45, 2.75) is 10.8 Å². The molecule has 304 valence electrons. The van der Waals surface area contributed by atoms with Gasteiger partial charge in [-0.3, -0.25) is 0 Å². The highest BCUT2D eigenvalue weighted by atomic mass is 16.5. The zero-order valence-electron chi connectivity index (χ0n) is 35.3. The summed E-state index contributed by atoms with van der Waals surface area (Å²) in [5.41, 5.74) is 18.3. The van der Waals surface area contributed by atoms with Gasteiger partial charge in [0.1, 0.15) is 22.7 Å². The monoisotopic (exact) mass is 829 g/mol. The number of para-hydroxylation sites is 2. The number of anilines is 3. The molecule has 0 bridgehead atoms. The quantitative estimate of drug-likeness (QED) is 0.173. The summed E-state index contributed by atoms with van der Waals surface area (Å²) >= 11 is 0. The highest BCUT2D eigenvalue weighted by Gasteiger charge is 2.52. The van der Waals surface area contributed by atoms with Crippen LogP contribution >= 0.6 is 0 Å². The molecule has 1 aromatic heterocycles. The van der Waals surface area contributed by atoms with E-state index in [-0.39, 0.29) is 0 Å². The van der Waals surface area contributed by atoms with E-state index in [2.05, 4.69) is 235 Å². The molecule has 3 nitrogen and oxygen atoms in total. The van der Waals surface area contributed by atoms with Crippen LogP contribution in [0, 0.1) is 0 Å². The molecule has 3 aliphatic rings. The lowest BCUT2D eigenvalue weighted by molar-refractivity contribution is 0.436. The lowest BCUT2D eigenvalue weighted by Gasteiger charge is -2.40. The molecule has 0 unspecified atom stereocenters. The Kier molecular flexibility index (Phi) is 7.53. The lowest BCUT2D eigenvalue weighted by atomic mass is 9.66. The van der Waals surface area contributed by atoms with Crippen molar-refractivity contribution in [1.82, 2.24) is 0 Å². The van der Waals surface area contributed by atoms with E-state index >= 15 is 0 Å². The molecule has 1 spiro atoms. The molecular formula is C62H39NO2. The highest BCUT2D eigenvalue weighted by molar-refractivity contribution is 6.14. The van der Waals surface area contributed by atoms with Gasteiger partial charge in [-0.15, -0.1) is 0 Å². The van der Waals surface area contributed by atoms with Gasteiger partial charge < -0.3 is 14.1 Å². The number of furan rings is 1. The topological polar surface area (TPSA) is 25.6 Å². The third-order valence-electron chi connectivity index (χ3n) is 14.4. The van der Waals surface area contributed by atoms with Crippen molar-refractivity contribution < 1.29 is 9.15 Å². The number of benzene rings is 10. The minimum absolute atomic E-state index is 0.570. The predicted octanol–water partition coefficient (Wildman–Crippen LogP) is 15.9. The fourth-order valence-corrected chi connectivity index (χ4v) is 12.0. The standard InChI is InChI=1S/C62H39NO2/c1-3-19-40(20-4-1)61(41-21-5-2-6-22-41)49-29-13-9-25-45(49)59-51(61)31-17-32-53(59)63(54-33-18-36-58-60(54)46-26-10-15-34-55(46)64-58)42-37-38-57-52(39-42)62(50-30-14-16-35-56(50)65-57)47-27-11-7-23-43(47)44-24-8-12-28-48(44)62/h1-39H. The summed E-state index contributed by atoms with van der Waals surface area (Å²) in [4.78, 5) is 2.49. The van der Waals surface area contributed by atoms with E-state index in [9.17, 15) is 0 Å². The maximum absolute atomic E-state index is 6.97. The third kappa shape index (κ3) is 4.74. The van der Waals surface area contributed by atoms with Crippen molar-refractivity contribution in [1.29, 1.82) is 0 Å². The number of nitrogens with zero attached hydrogens (tertiary/aromatic N) is 1. The second kappa shape index (κ2) is 13.6. The first-order chi connectivity index (χ1) is 32.3. The van der Waals surface area contributed by atoms with Crippen LogP contribution in [0.3, 0.4) is 0 Å². The molecule has 65 heavy (non-hydrogen) atoms. The predicted molar refractivity (Wildman–Crippen MR) is 263 cm³/mol. The summed E-state index contributed by atoms with van der Waals surface area (Å²) in [6.45, 7) is 0. The van der Waals surface area contributed by atoms with Crippen LogP contribution in [0.4, 0.5) is 17.1 Å². The molecule has 14 rings (SSSR count). The summed E-state index contributed by atoms with van der Waals surface area (Å²) in [7, 11) is 0. The van der Waals surface area contributed by atoms with Gasteiger partial charge in [-0.05, 0) is 98.6 Å². The number of fused-ring (bicyclic) bond motifs is 15. The average Bonchev–Trinajstić information content (AvgIpc) is 4.01. The van der Waals surface area contributed by atoms with Crippen molar-refractivity contribution in [3.8, 4) is 33.8 Å². The zero-order chi connectivity index (χ0) is 42.7. The third-order valence-corrected chi connectivity index (χ3v) is 14.4. The van der Waals surface area contributed by atoms with Crippen LogP contribution in [-0.2, 0) is 10.8 Å². The normalized spacial score (nSPS) is 14.2. The van der Waals surface area contributed by atoms with Crippen molar-refractivity contribution in [3.05, 3.63) is 281 Å². The second-order valence-corrected chi connectivity index (χ2v) is 17.4. The summed E-state index contributed by atoms with van der Waals surface area (Å²) in [5.74, 6) is 1.73. The van der Waals surface area contributed by atoms with Crippen LogP contribution < -0.4 is 9.64 Å². The minimum atomic E-state index is -0.631. The van der Waals surface area contributed by atoms with Crippen LogP contribution in [0.15, 0.2) is 241 Å². The first-order valence-corrected chi connectivity index (χ1v) is 22.4. The van der Waals surface area contributed by atoms with Gasteiger partial charge in [0.05, 0.1) is 27.6 Å². The summed E-state index contributed by atoms with van der Waals surface area (Å²) in [6.07, 6.45) is 0. The highest BCUT2D eigenvalue weighted by Crippen LogP contribution is 2.64. The molecule has 11 aromatic rings. The fraction of sp³-hybridized carbons (Fsp3) is 0.0323. The molecule has 0 saturated carbocycles.